The summed E-state index contributed by atoms with van der Waals surface area (Å²) < 4.78 is 39.4. The van der Waals surface area contributed by atoms with Crippen molar-refractivity contribution in [2.75, 3.05) is 14.2 Å². The van der Waals surface area contributed by atoms with Crippen LogP contribution in [0.4, 0.5) is 0 Å². The van der Waals surface area contributed by atoms with Gasteiger partial charge < -0.3 is 14.6 Å². The van der Waals surface area contributed by atoms with Crippen LogP contribution in [-0.4, -0.2) is 37.7 Å². The minimum absolute atomic E-state index is 0.0909. The van der Waals surface area contributed by atoms with Gasteiger partial charge in [-0.25, -0.2) is 12.4 Å². The van der Waals surface area contributed by atoms with E-state index in [2.05, 4.69) is 0 Å². The van der Waals surface area contributed by atoms with Gasteiger partial charge in [-0.2, -0.15) is 0 Å². The van der Waals surface area contributed by atoms with Crippen LogP contribution in [0.5, 0.6) is 5.75 Å². The fourth-order valence-corrected chi connectivity index (χ4v) is 7.20. The van der Waals surface area contributed by atoms with Crippen LogP contribution in [0.1, 0.15) is 36.1 Å². The van der Waals surface area contributed by atoms with Crippen molar-refractivity contribution in [2.45, 2.75) is 43.1 Å². The van der Waals surface area contributed by atoms with Crippen molar-refractivity contribution >= 4 is 26.9 Å². The summed E-state index contributed by atoms with van der Waals surface area (Å²) >= 11 is 0. The van der Waals surface area contributed by atoms with E-state index < -0.39 is 27.0 Å². The number of aromatic nitrogens is 1. The van der Waals surface area contributed by atoms with Gasteiger partial charge in [0, 0.05) is 23.1 Å². The summed E-state index contributed by atoms with van der Waals surface area (Å²) in [7, 11) is -1.15. The minimum atomic E-state index is -3.99. The van der Waals surface area contributed by atoms with E-state index in [4.69, 9.17) is 9.47 Å². The molecule has 1 N–H and O–H groups in total. The maximum atomic E-state index is 13.8. The Labute approximate surface area is 186 Å². The molecule has 0 radical (unpaired) electrons. The first-order valence-corrected chi connectivity index (χ1v) is 12.0. The molecule has 8 heteroatoms. The van der Waals surface area contributed by atoms with E-state index in [1.54, 1.807) is 42.5 Å². The van der Waals surface area contributed by atoms with Gasteiger partial charge in [-0.05, 0) is 56.5 Å². The molecule has 1 aromatic heterocycles. The number of benzene rings is 2. The molecular formula is C24H25NO6S. The van der Waals surface area contributed by atoms with Gasteiger partial charge >= 0.3 is 5.97 Å². The second-order valence-corrected chi connectivity index (χ2v) is 10.5. The zero-order valence-electron chi connectivity index (χ0n) is 18.2. The van der Waals surface area contributed by atoms with Gasteiger partial charge in [-0.15, -0.1) is 0 Å². The predicted octanol–water partition coefficient (Wildman–Crippen LogP) is 3.28. The van der Waals surface area contributed by atoms with Crippen molar-refractivity contribution < 1.29 is 27.8 Å². The van der Waals surface area contributed by atoms with E-state index in [0.29, 0.717) is 47.2 Å². The van der Waals surface area contributed by atoms with Crippen molar-refractivity contribution in [2.24, 2.45) is 5.41 Å². The Kier molecular flexibility index (Phi) is 4.49. The standard InChI is InChI=1S/C24H25NO6S/c1-15-5-8-17(9-6-15)32(28,29)25-19-10-7-16(30-2)13-18(19)21-20(25)14-23(22(26)31-3)11-4-12-24(21,23)27/h5-10,13,27H,4,11-12,14H2,1-3H3/t23-,24-/m1/s1. The third-order valence-electron chi connectivity index (χ3n) is 7.18. The zero-order chi connectivity index (χ0) is 22.9. The Hall–Kier alpha value is -2.84. The van der Waals surface area contributed by atoms with Gasteiger partial charge in [0.05, 0.1) is 24.6 Å². The molecule has 32 heavy (non-hydrogen) atoms. The predicted molar refractivity (Wildman–Crippen MR) is 118 cm³/mol. The number of carbonyl (C=O) groups is 1. The Bertz CT molecular complexity index is 1360. The van der Waals surface area contributed by atoms with Crippen LogP contribution in [0.25, 0.3) is 10.9 Å². The summed E-state index contributed by atoms with van der Waals surface area (Å²) in [6.07, 6.45) is 1.52. The third kappa shape index (κ3) is 2.50. The van der Waals surface area contributed by atoms with Crippen LogP contribution < -0.4 is 4.74 Å². The number of carbonyl (C=O) groups excluding carboxylic acids is 1. The maximum absolute atomic E-state index is 13.8. The molecule has 0 amide bonds. The number of aliphatic hydroxyl groups is 1. The van der Waals surface area contributed by atoms with Crippen LogP contribution in [0, 0.1) is 12.3 Å². The van der Waals surface area contributed by atoms with Gasteiger partial charge in [0.25, 0.3) is 10.0 Å². The molecular weight excluding hydrogens is 430 g/mol. The molecule has 2 aliphatic rings. The number of methoxy groups -OCH3 is 2. The third-order valence-corrected chi connectivity index (χ3v) is 8.94. The van der Waals surface area contributed by atoms with Crippen LogP contribution in [0.15, 0.2) is 47.4 Å². The van der Waals surface area contributed by atoms with Gasteiger partial charge in [-0.3, -0.25) is 4.79 Å². The molecule has 0 bridgehead atoms. The number of aryl methyl sites for hydroxylation is 1. The lowest BCUT2D eigenvalue weighted by Gasteiger charge is -2.34. The molecule has 0 unspecified atom stereocenters. The topological polar surface area (TPSA) is 94.8 Å². The highest BCUT2D eigenvalue weighted by atomic mass is 32.2. The highest BCUT2D eigenvalue weighted by molar-refractivity contribution is 7.90. The Balaban J connectivity index is 1.86. The molecule has 0 saturated heterocycles. The lowest BCUT2D eigenvalue weighted by atomic mass is 9.74. The first kappa shape index (κ1) is 21.0. The summed E-state index contributed by atoms with van der Waals surface area (Å²) in [4.78, 5) is 13.1. The number of hydrogen-bond acceptors (Lipinski definition) is 6. The molecule has 1 fully saturated rings. The summed E-state index contributed by atoms with van der Waals surface area (Å²) in [6.45, 7) is 1.89. The molecule has 168 valence electrons. The fraction of sp³-hybridized carbons (Fsp3) is 0.375. The van der Waals surface area contributed by atoms with Crippen LogP contribution in [0.3, 0.4) is 0 Å². The summed E-state index contributed by atoms with van der Waals surface area (Å²) in [5, 5.41) is 12.5. The first-order valence-electron chi connectivity index (χ1n) is 10.5. The number of esters is 1. The van der Waals surface area contributed by atoms with Crippen LogP contribution >= 0.6 is 0 Å². The van der Waals surface area contributed by atoms with Crippen LogP contribution in [-0.2, 0) is 31.6 Å². The Morgan fingerprint density at radius 3 is 2.47 bits per heavy atom. The Morgan fingerprint density at radius 2 is 1.81 bits per heavy atom. The largest absolute Gasteiger partial charge is 0.497 e. The van der Waals surface area contributed by atoms with E-state index in [1.165, 1.54) is 18.2 Å². The molecule has 0 aliphatic heterocycles. The molecule has 2 aliphatic carbocycles. The second-order valence-electron chi connectivity index (χ2n) is 8.75. The lowest BCUT2D eigenvalue weighted by molar-refractivity contribution is -0.167. The first-order chi connectivity index (χ1) is 15.2. The molecule has 1 heterocycles. The van der Waals surface area contributed by atoms with Gasteiger partial charge in [0.2, 0.25) is 0 Å². The average molecular weight is 456 g/mol. The highest BCUT2D eigenvalue weighted by Crippen LogP contribution is 2.63. The van der Waals surface area contributed by atoms with Crippen molar-refractivity contribution in [1.29, 1.82) is 0 Å². The van der Waals surface area contributed by atoms with Crippen molar-refractivity contribution in [3.8, 4) is 5.75 Å². The SMILES string of the molecule is COC(=O)[C@]12CCC[C@@]1(O)c1c(n(S(=O)(=O)c3ccc(C)cc3)c3ccc(OC)cc13)C2. The van der Waals surface area contributed by atoms with Gasteiger partial charge in [0.15, 0.2) is 0 Å². The highest BCUT2D eigenvalue weighted by Gasteiger charge is 2.67. The van der Waals surface area contributed by atoms with E-state index in [-0.39, 0.29) is 11.3 Å². The maximum Gasteiger partial charge on any atom is 0.315 e. The zero-order valence-corrected chi connectivity index (χ0v) is 19.0. The molecule has 7 nitrogen and oxygen atoms in total. The molecule has 3 aromatic rings. The van der Waals surface area contributed by atoms with E-state index in [1.807, 2.05) is 6.92 Å². The number of ether oxygens (including phenoxy) is 2. The van der Waals surface area contributed by atoms with Crippen molar-refractivity contribution in [3.05, 3.63) is 59.3 Å². The normalized spacial score (nSPS) is 24.4. The fourth-order valence-electron chi connectivity index (χ4n) is 5.65. The lowest BCUT2D eigenvalue weighted by Crippen LogP contribution is -2.45. The van der Waals surface area contributed by atoms with Crippen molar-refractivity contribution in [3.63, 3.8) is 0 Å². The quantitative estimate of drug-likeness (QED) is 0.607. The van der Waals surface area contributed by atoms with E-state index in [9.17, 15) is 18.3 Å². The number of nitrogens with zero attached hydrogens (tertiary/aromatic N) is 1. The van der Waals surface area contributed by atoms with E-state index in [0.717, 1.165) is 5.56 Å². The molecule has 5 rings (SSSR count). The Morgan fingerprint density at radius 1 is 1.09 bits per heavy atom. The van der Waals surface area contributed by atoms with Gasteiger partial charge in [0.1, 0.15) is 16.8 Å². The van der Waals surface area contributed by atoms with Crippen molar-refractivity contribution in [1.82, 2.24) is 3.97 Å². The second kappa shape index (κ2) is 6.83. The molecule has 1 saturated carbocycles. The molecule has 0 spiro atoms. The molecule has 2 aromatic carbocycles. The van der Waals surface area contributed by atoms with Crippen LogP contribution in [0.2, 0.25) is 0 Å². The smallest absolute Gasteiger partial charge is 0.315 e. The molecule has 2 atom stereocenters. The monoisotopic (exact) mass is 455 g/mol. The number of hydrogen-bond donors (Lipinski definition) is 1. The minimum Gasteiger partial charge on any atom is -0.497 e. The average Bonchev–Trinajstić information content (AvgIpc) is 3.36. The summed E-state index contributed by atoms with van der Waals surface area (Å²) in [5.74, 6) is 0.0337. The number of fused-ring (bicyclic) bond motifs is 5. The van der Waals surface area contributed by atoms with E-state index >= 15 is 0 Å². The summed E-state index contributed by atoms with van der Waals surface area (Å²) in [6, 6.07) is 11.8. The van der Waals surface area contributed by atoms with Gasteiger partial charge in [-0.1, -0.05) is 17.7 Å². The summed E-state index contributed by atoms with van der Waals surface area (Å²) in [5.41, 5.74) is -0.381. The number of rotatable bonds is 4.